The van der Waals surface area contributed by atoms with Crippen LogP contribution in [0.25, 0.3) is 38.9 Å². The molecule has 3 N–H and O–H groups in total. The monoisotopic (exact) mass is 373 g/mol. The number of H-pyrrole nitrogens is 3. The Morgan fingerprint density at radius 3 is 1.93 bits per heavy atom. The Morgan fingerprint density at radius 2 is 1.36 bits per heavy atom. The SMILES string of the molecule is O=c1c2[nH]cc[nH]c2c(=O)c2c(=O)n(-c3cc(-c4ccccc4)[nH]n3)c(=O)c12. The first-order valence-corrected chi connectivity index (χ1v) is 8.33. The average Bonchev–Trinajstić information content (AvgIpc) is 3.30. The van der Waals surface area contributed by atoms with Gasteiger partial charge in [-0.3, -0.25) is 24.3 Å². The van der Waals surface area contributed by atoms with E-state index in [1.54, 1.807) is 0 Å². The molecule has 9 heteroatoms. The number of fused-ring (bicyclic) bond motifs is 2. The molecule has 0 saturated heterocycles. The Kier molecular flexibility index (Phi) is 3.20. The summed E-state index contributed by atoms with van der Waals surface area (Å²) in [6, 6.07) is 10.7. The Labute approximate surface area is 154 Å². The molecule has 0 aliphatic heterocycles. The molecular weight excluding hydrogens is 362 g/mol. The van der Waals surface area contributed by atoms with Crippen molar-refractivity contribution in [1.29, 1.82) is 0 Å². The standard InChI is InChI=1S/C19H11N5O4/c25-16-12-13(17(26)15-14(16)20-6-7-21-15)19(28)24(18(12)27)11-8-10(22-23-11)9-4-2-1-3-5-9/h1-8,20-21H,(H,22,23). The second-order valence-corrected chi connectivity index (χ2v) is 6.23. The first-order valence-electron chi connectivity index (χ1n) is 8.33. The molecule has 0 saturated carbocycles. The highest BCUT2D eigenvalue weighted by Crippen LogP contribution is 2.18. The van der Waals surface area contributed by atoms with Gasteiger partial charge in [0.05, 0.1) is 5.69 Å². The summed E-state index contributed by atoms with van der Waals surface area (Å²) in [7, 11) is 0. The van der Waals surface area contributed by atoms with Crippen molar-refractivity contribution >= 4 is 21.8 Å². The maximum absolute atomic E-state index is 12.9. The lowest BCUT2D eigenvalue weighted by Crippen LogP contribution is -2.24. The summed E-state index contributed by atoms with van der Waals surface area (Å²) in [5, 5.41) is 5.91. The highest BCUT2D eigenvalue weighted by molar-refractivity contribution is 5.94. The largest absolute Gasteiger partial charge is 0.355 e. The minimum atomic E-state index is -0.868. The topological polar surface area (TPSA) is 133 Å². The van der Waals surface area contributed by atoms with Crippen molar-refractivity contribution in [2.45, 2.75) is 0 Å². The third-order valence-corrected chi connectivity index (χ3v) is 4.66. The fraction of sp³-hybridized carbons (Fsp3) is 0. The fourth-order valence-electron chi connectivity index (χ4n) is 3.35. The van der Waals surface area contributed by atoms with Gasteiger partial charge in [-0.1, -0.05) is 30.3 Å². The summed E-state index contributed by atoms with van der Waals surface area (Å²) in [5.74, 6) is 0.0147. The first kappa shape index (κ1) is 15.9. The van der Waals surface area contributed by atoms with Crippen molar-refractivity contribution in [3.8, 4) is 17.1 Å². The Balaban J connectivity index is 1.86. The second kappa shape index (κ2) is 5.61. The predicted molar refractivity (Wildman–Crippen MR) is 103 cm³/mol. The van der Waals surface area contributed by atoms with E-state index in [0.29, 0.717) is 5.69 Å². The maximum Gasteiger partial charge on any atom is 0.271 e. The van der Waals surface area contributed by atoms with Gasteiger partial charge in [0, 0.05) is 18.5 Å². The molecule has 9 nitrogen and oxygen atoms in total. The molecule has 5 rings (SSSR count). The summed E-state index contributed by atoms with van der Waals surface area (Å²) in [6.45, 7) is 0. The van der Waals surface area contributed by atoms with Gasteiger partial charge in [0.2, 0.25) is 10.9 Å². The number of rotatable bonds is 2. The quantitative estimate of drug-likeness (QED) is 0.419. The third kappa shape index (κ3) is 2.04. The predicted octanol–water partition coefficient (Wildman–Crippen LogP) is 0.709. The fourth-order valence-corrected chi connectivity index (χ4v) is 3.35. The highest BCUT2D eigenvalue weighted by atomic mass is 16.2. The Hall–Kier alpha value is -4.27. The molecule has 0 radical (unpaired) electrons. The lowest BCUT2D eigenvalue weighted by atomic mass is 10.1. The number of nitrogens with one attached hydrogen (secondary N) is 3. The molecular formula is C19H11N5O4. The van der Waals surface area contributed by atoms with Crippen molar-refractivity contribution in [2.24, 2.45) is 0 Å². The minimum Gasteiger partial charge on any atom is -0.355 e. The van der Waals surface area contributed by atoms with Crippen LogP contribution in [-0.2, 0) is 0 Å². The summed E-state index contributed by atoms with van der Waals surface area (Å²) in [4.78, 5) is 56.5. The zero-order valence-corrected chi connectivity index (χ0v) is 14.1. The Morgan fingerprint density at radius 1 is 0.786 bits per heavy atom. The summed E-state index contributed by atoms with van der Waals surface area (Å²) in [5.41, 5.74) is -1.87. The lowest BCUT2D eigenvalue weighted by Gasteiger charge is -1.95. The molecule has 0 aliphatic rings. The van der Waals surface area contributed by atoms with Crippen LogP contribution in [0.5, 0.6) is 0 Å². The normalized spacial score (nSPS) is 11.4. The van der Waals surface area contributed by atoms with E-state index in [2.05, 4.69) is 20.2 Å². The van der Waals surface area contributed by atoms with Crippen LogP contribution < -0.4 is 22.0 Å². The molecule has 3 aromatic heterocycles. The number of aromatic nitrogens is 5. The van der Waals surface area contributed by atoms with Crippen molar-refractivity contribution < 1.29 is 0 Å². The number of benzene rings is 2. The minimum absolute atomic E-state index is 0.0147. The van der Waals surface area contributed by atoms with E-state index in [1.807, 2.05) is 30.3 Å². The van der Waals surface area contributed by atoms with E-state index in [0.717, 1.165) is 10.1 Å². The van der Waals surface area contributed by atoms with Crippen LogP contribution in [-0.4, -0.2) is 24.7 Å². The van der Waals surface area contributed by atoms with Gasteiger partial charge in [0.25, 0.3) is 11.1 Å². The van der Waals surface area contributed by atoms with E-state index < -0.39 is 32.7 Å². The average molecular weight is 373 g/mol. The maximum atomic E-state index is 12.9. The van der Waals surface area contributed by atoms with Gasteiger partial charge in [-0.15, -0.1) is 0 Å². The van der Waals surface area contributed by atoms with Gasteiger partial charge >= 0.3 is 0 Å². The van der Waals surface area contributed by atoms with Crippen LogP contribution in [0.4, 0.5) is 0 Å². The highest BCUT2D eigenvalue weighted by Gasteiger charge is 2.24. The summed E-state index contributed by atoms with van der Waals surface area (Å²) < 4.78 is 0.745. The van der Waals surface area contributed by atoms with E-state index >= 15 is 0 Å². The number of aromatic amines is 3. The van der Waals surface area contributed by atoms with Crippen LogP contribution in [0.2, 0.25) is 0 Å². The molecule has 0 fully saturated rings. The van der Waals surface area contributed by atoms with Crippen LogP contribution in [0, 0.1) is 0 Å². The number of nitrogens with zero attached hydrogens (tertiary/aromatic N) is 2. The zero-order valence-electron chi connectivity index (χ0n) is 14.1. The molecule has 136 valence electrons. The molecule has 2 aromatic carbocycles. The van der Waals surface area contributed by atoms with E-state index in [4.69, 9.17) is 0 Å². The zero-order chi connectivity index (χ0) is 19.4. The van der Waals surface area contributed by atoms with Crippen LogP contribution in [0.1, 0.15) is 0 Å². The van der Waals surface area contributed by atoms with E-state index in [9.17, 15) is 19.2 Å². The van der Waals surface area contributed by atoms with Crippen LogP contribution in [0.15, 0.2) is 68.0 Å². The molecule has 0 spiro atoms. The molecule has 5 aromatic rings. The molecule has 0 amide bonds. The Bertz CT molecular complexity index is 1510. The number of hydrogen-bond donors (Lipinski definition) is 3. The van der Waals surface area contributed by atoms with Gasteiger partial charge in [-0.05, 0) is 5.56 Å². The lowest BCUT2D eigenvalue weighted by molar-refractivity contribution is 0.915. The van der Waals surface area contributed by atoms with Crippen LogP contribution >= 0.6 is 0 Å². The van der Waals surface area contributed by atoms with Gasteiger partial charge < -0.3 is 9.97 Å². The molecule has 28 heavy (non-hydrogen) atoms. The molecule has 3 heterocycles. The molecule has 0 aliphatic carbocycles. The van der Waals surface area contributed by atoms with Gasteiger partial charge in [-0.25, -0.2) is 4.57 Å². The number of hydrogen-bond acceptors (Lipinski definition) is 5. The van der Waals surface area contributed by atoms with Gasteiger partial charge in [0.1, 0.15) is 21.8 Å². The van der Waals surface area contributed by atoms with Crippen molar-refractivity contribution in [1.82, 2.24) is 24.7 Å². The van der Waals surface area contributed by atoms with Crippen molar-refractivity contribution in [2.75, 3.05) is 0 Å². The van der Waals surface area contributed by atoms with Gasteiger partial charge in [0.15, 0.2) is 5.82 Å². The van der Waals surface area contributed by atoms with Gasteiger partial charge in [-0.2, -0.15) is 5.10 Å². The van der Waals surface area contributed by atoms with E-state index in [-0.39, 0.29) is 16.9 Å². The second-order valence-electron chi connectivity index (χ2n) is 6.23. The van der Waals surface area contributed by atoms with Crippen LogP contribution in [0.3, 0.4) is 0 Å². The van der Waals surface area contributed by atoms with Crippen molar-refractivity contribution in [3.63, 3.8) is 0 Å². The molecule has 0 atom stereocenters. The van der Waals surface area contributed by atoms with E-state index in [1.165, 1.54) is 18.5 Å². The first-order chi connectivity index (χ1) is 13.6. The molecule has 0 unspecified atom stereocenters. The molecule has 0 bridgehead atoms. The third-order valence-electron chi connectivity index (χ3n) is 4.66. The smallest absolute Gasteiger partial charge is 0.271 e. The summed E-state index contributed by atoms with van der Waals surface area (Å²) >= 11 is 0. The summed E-state index contributed by atoms with van der Waals surface area (Å²) in [6.07, 6.45) is 2.85. The van der Waals surface area contributed by atoms with Crippen molar-refractivity contribution in [3.05, 3.63) is 89.9 Å².